The molecular formula is C18H21NO. The van der Waals surface area contributed by atoms with E-state index in [0.717, 1.165) is 24.2 Å². The fourth-order valence-electron chi connectivity index (χ4n) is 2.23. The molecule has 104 valence electrons. The SMILES string of the molecule is CCCC(C)Oc1ccc2cc(C#CCN)ccc2c1. The zero-order valence-corrected chi connectivity index (χ0v) is 12.1. The maximum atomic E-state index is 5.91. The predicted molar refractivity (Wildman–Crippen MR) is 84.9 cm³/mol. The Morgan fingerprint density at radius 1 is 1.15 bits per heavy atom. The van der Waals surface area contributed by atoms with Crippen molar-refractivity contribution in [2.75, 3.05) is 6.54 Å². The van der Waals surface area contributed by atoms with E-state index in [1.807, 2.05) is 12.1 Å². The van der Waals surface area contributed by atoms with E-state index in [1.165, 1.54) is 10.8 Å². The standard InChI is InChI=1S/C18H21NO/c1-3-5-14(2)20-18-10-9-16-12-15(6-4-11-19)7-8-17(16)13-18/h7-10,12-14H,3,5,11,19H2,1-2H3. The molecule has 0 fully saturated rings. The highest BCUT2D eigenvalue weighted by atomic mass is 16.5. The van der Waals surface area contributed by atoms with Gasteiger partial charge < -0.3 is 10.5 Å². The van der Waals surface area contributed by atoms with Gasteiger partial charge in [0.1, 0.15) is 5.75 Å². The molecule has 20 heavy (non-hydrogen) atoms. The number of fused-ring (bicyclic) bond motifs is 1. The summed E-state index contributed by atoms with van der Waals surface area (Å²) in [6.07, 6.45) is 2.47. The van der Waals surface area contributed by atoms with E-state index in [2.05, 4.69) is 50.0 Å². The number of nitrogens with two attached hydrogens (primary N) is 1. The molecule has 2 nitrogen and oxygen atoms in total. The molecule has 2 rings (SSSR count). The molecule has 0 saturated heterocycles. The molecule has 0 spiro atoms. The monoisotopic (exact) mass is 267 g/mol. The number of ether oxygens (including phenoxy) is 1. The predicted octanol–water partition coefficient (Wildman–Crippen LogP) is 3.72. The van der Waals surface area contributed by atoms with Crippen molar-refractivity contribution in [3.63, 3.8) is 0 Å². The molecule has 2 aromatic carbocycles. The van der Waals surface area contributed by atoms with E-state index in [4.69, 9.17) is 10.5 Å². The minimum absolute atomic E-state index is 0.257. The van der Waals surface area contributed by atoms with Gasteiger partial charge in [-0.25, -0.2) is 0 Å². The summed E-state index contributed by atoms with van der Waals surface area (Å²) in [6.45, 7) is 4.67. The van der Waals surface area contributed by atoms with Gasteiger partial charge in [0.25, 0.3) is 0 Å². The van der Waals surface area contributed by atoms with Crippen LogP contribution in [-0.4, -0.2) is 12.6 Å². The molecule has 2 N–H and O–H groups in total. The molecule has 2 aromatic rings. The van der Waals surface area contributed by atoms with Crippen molar-refractivity contribution >= 4 is 10.8 Å². The summed E-state index contributed by atoms with van der Waals surface area (Å²) >= 11 is 0. The third kappa shape index (κ3) is 3.76. The molecule has 1 atom stereocenters. The fourth-order valence-corrected chi connectivity index (χ4v) is 2.23. The van der Waals surface area contributed by atoms with Crippen LogP contribution < -0.4 is 10.5 Å². The molecule has 0 saturated carbocycles. The first-order valence-corrected chi connectivity index (χ1v) is 7.12. The van der Waals surface area contributed by atoms with E-state index in [1.54, 1.807) is 0 Å². The van der Waals surface area contributed by atoms with Crippen LogP contribution in [0.3, 0.4) is 0 Å². The molecule has 0 amide bonds. The molecule has 2 heteroatoms. The summed E-state index contributed by atoms with van der Waals surface area (Å²) in [4.78, 5) is 0. The smallest absolute Gasteiger partial charge is 0.120 e. The molecule has 1 unspecified atom stereocenters. The third-order valence-corrected chi connectivity index (χ3v) is 3.18. The Kier molecular flexibility index (Phi) is 5.03. The Hall–Kier alpha value is -1.98. The van der Waals surface area contributed by atoms with Gasteiger partial charge in [-0.3, -0.25) is 0 Å². The second kappa shape index (κ2) is 6.98. The third-order valence-electron chi connectivity index (χ3n) is 3.18. The lowest BCUT2D eigenvalue weighted by atomic mass is 10.1. The molecule has 0 aromatic heterocycles. The average Bonchev–Trinajstić information content (AvgIpc) is 2.45. The Labute approximate surface area is 120 Å². The lowest BCUT2D eigenvalue weighted by Gasteiger charge is -2.14. The van der Waals surface area contributed by atoms with Gasteiger partial charge >= 0.3 is 0 Å². The molecule has 0 radical (unpaired) electrons. The first-order chi connectivity index (χ1) is 9.72. The van der Waals surface area contributed by atoms with Crippen molar-refractivity contribution in [1.29, 1.82) is 0 Å². The highest BCUT2D eigenvalue weighted by molar-refractivity contribution is 5.85. The quantitative estimate of drug-likeness (QED) is 0.857. The zero-order valence-electron chi connectivity index (χ0n) is 12.1. The van der Waals surface area contributed by atoms with E-state index in [-0.39, 0.29) is 6.10 Å². The Morgan fingerprint density at radius 2 is 1.90 bits per heavy atom. The molecular weight excluding hydrogens is 246 g/mol. The Morgan fingerprint density at radius 3 is 2.65 bits per heavy atom. The summed E-state index contributed by atoms with van der Waals surface area (Å²) in [6, 6.07) is 12.4. The van der Waals surface area contributed by atoms with Crippen LogP contribution in [0.25, 0.3) is 10.8 Å². The van der Waals surface area contributed by atoms with E-state index >= 15 is 0 Å². The number of hydrogen-bond acceptors (Lipinski definition) is 2. The van der Waals surface area contributed by atoms with Gasteiger partial charge in [0.2, 0.25) is 0 Å². The zero-order chi connectivity index (χ0) is 14.4. The Balaban J connectivity index is 2.22. The van der Waals surface area contributed by atoms with Crippen LogP contribution in [0.2, 0.25) is 0 Å². The van der Waals surface area contributed by atoms with Gasteiger partial charge in [-0.1, -0.05) is 37.3 Å². The van der Waals surface area contributed by atoms with E-state index < -0.39 is 0 Å². The van der Waals surface area contributed by atoms with Crippen LogP contribution in [0.4, 0.5) is 0 Å². The Bertz CT molecular complexity index is 637. The summed E-state index contributed by atoms with van der Waals surface area (Å²) in [5, 5.41) is 2.34. The average molecular weight is 267 g/mol. The van der Waals surface area contributed by atoms with Crippen LogP contribution in [0.1, 0.15) is 32.3 Å². The number of rotatable bonds is 4. The van der Waals surface area contributed by atoms with Crippen LogP contribution in [0.5, 0.6) is 5.75 Å². The lowest BCUT2D eigenvalue weighted by molar-refractivity contribution is 0.210. The summed E-state index contributed by atoms with van der Waals surface area (Å²) in [5.74, 6) is 6.86. The van der Waals surface area contributed by atoms with Crippen LogP contribution in [-0.2, 0) is 0 Å². The minimum Gasteiger partial charge on any atom is -0.491 e. The largest absolute Gasteiger partial charge is 0.491 e. The van der Waals surface area contributed by atoms with Crippen molar-refractivity contribution in [3.05, 3.63) is 42.0 Å². The second-order valence-electron chi connectivity index (χ2n) is 4.95. The minimum atomic E-state index is 0.257. The lowest BCUT2D eigenvalue weighted by Crippen LogP contribution is -2.10. The van der Waals surface area contributed by atoms with Crippen molar-refractivity contribution in [1.82, 2.24) is 0 Å². The van der Waals surface area contributed by atoms with Gasteiger partial charge in [-0.15, -0.1) is 0 Å². The first kappa shape index (κ1) is 14.4. The fraction of sp³-hybridized carbons (Fsp3) is 0.333. The van der Waals surface area contributed by atoms with Gasteiger partial charge in [-0.2, -0.15) is 0 Å². The van der Waals surface area contributed by atoms with Crippen LogP contribution in [0.15, 0.2) is 36.4 Å². The molecule has 0 aliphatic heterocycles. The maximum absolute atomic E-state index is 5.91. The molecule has 0 heterocycles. The normalized spacial score (nSPS) is 11.8. The van der Waals surface area contributed by atoms with Crippen LogP contribution >= 0.6 is 0 Å². The maximum Gasteiger partial charge on any atom is 0.120 e. The van der Waals surface area contributed by atoms with E-state index in [9.17, 15) is 0 Å². The summed E-state index contributed by atoms with van der Waals surface area (Å²) < 4.78 is 5.91. The van der Waals surface area contributed by atoms with Crippen molar-refractivity contribution in [2.24, 2.45) is 5.73 Å². The molecule has 0 aliphatic carbocycles. The van der Waals surface area contributed by atoms with Crippen molar-refractivity contribution < 1.29 is 4.74 Å². The second-order valence-corrected chi connectivity index (χ2v) is 4.95. The van der Waals surface area contributed by atoms with Gasteiger partial charge in [0.15, 0.2) is 0 Å². The van der Waals surface area contributed by atoms with Crippen molar-refractivity contribution in [3.8, 4) is 17.6 Å². The number of benzene rings is 2. The van der Waals surface area contributed by atoms with Crippen LogP contribution in [0, 0.1) is 11.8 Å². The van der Waals surface area contributed by atoms with Gasteiger partial charge in [0.05, 0.1) is 12.6 Å². The van der Waals surface area contributed by atoms with Gasteiger partial charge in [0, 0.05) is 5.56 Å². The highest BCUT2D eigenvalue weighted by Gasteiger charge is 2.03. The molecule has 0 aliphatic rings. The topological polar surface area (TPSA) is 35.2 Å². The van der Waals surface area contributed by atoms with Crippen molar-refractivity contribution in [2.45, 2.75) is 32.8 Å². The summed E-state index contributed by atoms with van der Waals surface area (Å²) in [7, 11) is 0. The number of hydrogen-bond donors (Lipinski definition) is 1. The highest BCUT2D eigenvalue weighted by Crippen LogP contribution is 2.23. The van der Waals surface area contributed by atoms with E-state index in [0.29, 0.717) is 6.54 Å². The van der Waals surface area contributed by atoms with Gasteiger partial charge in [-0.05, 0) is 48.4 Å². The summed E-state index contributed by atoms with van der Waals surface area (Å²) in [5.41, 5.74) is 6.39. The molecule has 0 bridgehead atoms. The first-order valence-electron chi connectivity index (χ1n) is 7.12.